The number of amides is 2. The van der Waals surface area contributed by atoms with Gasteiger partial charge in [0.1, 0.15) is 17.6 Å². The van der Waals surface area contributed by atoms with Crippen LogP contribution in [-0.4, -0.2) is 71.3 Å². The summed E-state index contributed by atoms with van der Waals surface area (Å²) in [6, 6.07) is 6.05. The molecule has 0 aliphatic carbocycles. The number of unbranched alkanes of at least 4 members (excludes halogenated alkanes) is 2. The minimum absolute atomic E-state index is 0.140. The Morgan fingerprint density at radius 3 is 2.67 bits per heavy atom. The molecule has 3 fully saturated rings. The fraction of sp³-hybridized carbons (Fsp3) is 0.567. The van der Waals surface area contributed by atoms with Crippen LogP contribution in [0.5, 0.6) is 0 Å². The van der Waals surface area contributed by atoms with Crippen LogP contribution in [0.15, 0.2) is 49.6 Å². The van der Waals surface area contributed by atoms with E-state index in [1.165, 1.54) is 9.80 Å². The normalized spacial score (nSPS) is 28.8. The third kappa shape index (κ3) is 5.03. The number of fused-ring (bicyclic) bond motifs is 1. The molecule has 8 nitrogen and oxygen atoms in total. The molecule has 0 aromatic heterocycles. The van der Waals surface area contributed by atoms with Crippen molar-refractivity contribution in [3.05, 3.63) is 54.6 Å². The Morgan fingerprint density at radius 2 is 2.00 bits per heavy atom. The Bertz CT molecular complexity index is 1110. The van der Waals surface area contributed by atoms with Gasteiger partial charge in [0.15, 0.2) is 0 Å². The third-order valence-corrected chi connectivity index (χ3v) is 8.81. The van der Waals surface area contributed by atoms with Crippen LogP contribution in [0.25, 0.3) is 0 Å². The van der Waals surface area contributed by atoms with E-state index in [0.717, 1.165) is 12.8 Å². The molecule has 1 aromatic rings. The monoisotopic (exact) mass is 558 g/mol. The van der Waals surface area contributed by atoms with Crippen molar-refractivity contribution in [3.8, 4) is 0 Å². The van der Waals surface area contributed by atoms with Crippen LogP contribution in [0.2, 0.25) is 5.02 Å². The molecule has 0 saturated carbocycles. The molecule has 3 aliphatic rings. The van der Waals surface area contributed by atoms with Gasteiger partial charge in [0.2, 0.25) is 5.91 Å². The van der Waals surface area contributed by atoms with Gasteiger partial charge in [-0.25, -0.2) is 0 Å². The molecule has 39 heavy (non-hydrogen) atoms. The quantitative estimate of drug-likeness (QED) is 0.208. The second kappa shape index (κ2) is 12.2. The highest BCUT2D eigenvalue weighted by Gasteiger charge is 2.79. The molecule has 4 rings (SSSR count). The summed E-state index contributed by atoms with van der Waals surface area (Å²) in [7, 11) is 0. The average Bonchev–Trinajstić information content (AvgIpc) is 3.54. The Balaban J connectivity index is 1.72. The number of hydrogen-bond donors (Lipinski definition) is 1. The highest BCUT2D eigenvalue weighted by molar-refractivity contribution is 6.34. The fourth-order valence-electron chi connectivity index (χ4n) is 6.75. The minimum Gasteiger partial charge on any atom is -0.465 e. The molecule has 1 spiro atoms. The number of aliphatic hydroxyl groups excluding tert-OH is 1. The molecule has 2 unspecified atom stereocenters. The molecule has 5 atom stereocenters. The lowest BCUT2D eigenvalue weighted by Gasteiger charge is -2.37. The first-order valence-electron chi connectivity index (χ1n) is 13.9. The van der Waals surface area contributed by atoms with Gasteiger partial charge in [0.25, 0.3) is 5.91 Å². The van der Waals surface area contributed by atoms with Crippen LogP contribution in [0.1, 0.15) is 51.9 Å². The van der Waals surface area contributed by atoms with E-state index < -0.39 is 35.0 Å². The molecule has 3 heterocycles. The van der Waals surface area contributed by atoms with E-state index >= 15 is 0 Å². The number of allylic oxidation sites excluding steroid dienone is 1. The number of rotatable bonds is 14. The topological polar surface area (TPSA) is 96.4 Å². The summed E-state index contributed by atoms with van der Waals surface area (Å²) in [5.74, 6) is -2.73. The lowest BCUT2D eigenvalue weighted by atomic mass is 9.65. The van der Waals surface area contributed by atoms with Gasteiger partial charge in [0.05, 0.1) is 28.8 Å². The zero-order valence-corrected chi connectivity index (χ0v) is 23.4. The summed E-state index contributed by atoms with van der Waals surface area (Å²) in [6.07, 6.45) is 7.67. The van der Waals surface area contributed by atoms with Crippen molar-refractivity contribution in [1.82, 2.24) is 4.90 Å². The number of carbonyl (C=O) groups is 3. The molecule has 1 N–H and O–H groups in total. The smallest absolute Gasteiger partial charge is 0.312 e. The van der Waals surface area contributed by atoms with E-state index in [4.69, 9.17) is 21.1 Å². The van der Waals surface area contributed by atoms with Gasteiger partial charge in [-0.1, -0.05) is 42.8 Å². The maximum atomic E-state index is 14.4. The van der Waals surface area contributed by atoms with Crippen molar-refractivity contribution in [3.63, 3.8) is 0 Å². The van der Waals surface area contributed by atoms with E-state index in [0.29, 0.717) is 42.8 Å². The molecule has 212 valence electrons. The van der Waals surface area contributed by atoms with Crippen molar-refractivity contribution < 1.29 is 29.0 Å². The van der Waals surface area contributed by atoms with Crippen LogP contribution < -0.4 is 4.90 Å². The van der Waals surface area contributed by atoms with E-state index in [1.807, 2.05) is 13.0 Å². The highest BCUT2D eigenvalue weighted by atomic mass is 35.5. The van der Waals surface area contributed by atoms with E-state index in [9.17, 15) is 19.5 Å². The Morgan fingerprint density at radius 1 is 1.23 bits per heavy atom. The van der Waals surface area contributed by atoms with Crippen molar-refractivity contribution in [2.75, 3.05) is 31.2 Å². The molecule has 2 amide bonds. The van der Waals surface area contributed by atoms with Crippen LogP contribution in [0.3, 0.4) is 0 Å². The van der Waals surface area contributed by atoms with Gasteiger partial charge in [-0.05, 0) is 57.1 Å². The molecule has 1 aromatic carbocycles. The predicted octanol–water partition coefficient (Wildman–Crippen LogP) is 4.30. The molecule has 3 aliphatic heterocycles. The van der Waals surface area contributed by atoms with Gasteiger partial charge in [-0.3, -0.25) is 14.4 Å². The molecule has 9 heteroatoms. The maximum Gasteiger partial charge on any atom is 0.312 e. The summed E-state index contributed by atoms with van der Waals surface area (Å²) in [6.45, 7) is 9.95. The maximum absolute atomic E-state index is 14.4. The van der Waals surface area contributed by atoms with Gasteiger partial charge >= 0.3 is 5.97 Å². The summed E-state index contributed by atoms with van der Waals surface area (Å²) < 4.78 is 12.5. The fourth-order valence-corrected chi connectivity index (χ4v) is 6.98. The number of halogens is 1. The number of esters is 1. The van der Waals surface area contributed by atoms with Gasteiger partial charge in [0, 0.05) is 19.7 Å². The lowest BCUT2D eigenvalue weighted by Crippen LogP contribution is -2.56. The third-order valence-electron chi connectivity index (χ3n) is 8.49. The second-order valence-electron chi connectivity index (χ2n) is 10.6. The van der Waals surface area contributed by atoms with Crippen molar-refractivity contribution in [1.29, 1.82) is 0 Å². The number of carbonyl (C=O) groups excluding carboxylic acids is 3. The van der Waals surface area contributed by atoms with Crippen molar-refractivity contribution in [2.45, 2.75) is 69.1 Å². The SMILES string of the molecule is C=CCCCCOC(=O)[C@@H]1[C@H]2C(=O)N(CCCO)C(C(=O)N(CC=C)c3ccccc3Cl)C23CC[C@@]1(CC)O3. The van der Waals surface area contributed by atoms with Crippen LogP contribution in [-0.2, 0) is 23.9 Å². The average molecular weight is 559 g/mol. The molecule has 0 radical (unpaired) electrons. The number of aliphatic hydroxyl groups is 1. The first-order valence-corrected chi connectivity index (χ1v) is 14.3. The largest absolute Gasteiger partial charge is 0.465 e. The summed E-state index contributed by atoms with van der Waals surface area (Å²) in [5.41, 5.74) is -1.53. The zero-order chi connectivity index (χ0) is 28.2. The summed E-state index contributed by atoms with van der Waals surface area (Å²) in [4.78, 5) is 45.1. The Kier molecular flexibility index (Phi) is 9.19. The number of hydrogen-bond acceptors (Lipinski definition) is 6. The number of likely N-dealkylation sites (tertiary alicyclic amines) is 1. The van der Waals surface area contributed by atoms with Gasteiger partial charge < -0.3 is 24.4 Å². The highest BCUT2D eigenvalue weighted by Crippen LogP contribution is 2.64. The standard InChI is InChI=1S/C30H39ClN2O6/c1-4-7-8-11-20-38-28(37)24-23-26(35)33(18-12-19-34)25(30(23)16-15-29(24,6-3)39-30)27(36)32(17-5-2)22-14-10-9-13-21(22)31/h4-5,9-10,13-14,23-25,34H,1-2,6-8,11-12,15-20H2,3H3/t23-,24-,25?,29+,30?/m0/s1. The molecule has 2 bridgehead atoms. The second-order valence-corrected chi connectivity index (χ2v) is 11.0. The Hall–Kier alpha value is -2.68. The van der Waals surface area contributed by atoms with Crippen LogP contribution in [0, 0.1) is 11.8 Å². The number of para-hydroxylation sites is 1. The van der Waals surface area contributed by atoms with E-state index in [-0.39, 0.29) is 38.1 Å². The number of ether oxygens (including phenoxy) is 2. The summed E-state index contributed by atoms with van der Waals surface area (Å²) >= 11 is 6.49. The number of benzene rings is 1. The Labute approximate surface area is 235 Å². The van der Waals surface area contributed by atoms with Crippen molar-refractivity contribution in [2.24, 2.45) is 11.8 Å². The predicted molar refractivity (Wildman–Crippen MR) is 149 cm³/mol. The molecular formula is C30H39ClN2O6. The van der Waals surface area contributed by atoms with Gasteiger partial charge in [-0.15, -0.1) is 13.2 Å². The first kappa shape index (κ1) is 29.3. The number of anilines is 1. The van der Waals surface area contributed by atoms with Crippen LogP contribution in [0.4, 0.5) is 5.69 Å². The van der Waals surface area contributed by atoms with Crippen molar-refractivity contribution >= 4 is 35.1 Å². The zero-order valence-electron chi connectivity index (χ0n) is 22.6. The molecule has 3 saturated heterocycles. The number of nitrogens with zero attached hydrogens (tertiary/aromatic N) is 2. The lowest BCUT2D eigenvalue weighted by molar-refractivity contribution is -0.161. The van der Waals surface area contributed by atoms with Gasteiger partial charge in [-0.2, -0.15) is 0 Å². The molecular weight excluding hydrogens is 520 g/mol. The van der Waals surface area contributed by atoms with Crippen LogP contribution >= 0.6 is 11.6 Å². The first-order chi connectivity index (χ1) is 18.8. The minimum atomic E-state index is -1.17. The summed E-state index contributed by atoms with van der Waals surface area (Å²) in [5, 5.41) is 9.98. The van der Waals surface area contributed by atoms with E-state index in [1.54, 1.807) is 30.3 Å². The van der Waals surface area contributed by atoms with E-state index in [2.05, 4.69) is 13.2 Å².